The van der Waals surface area contributed by atoms with Crippen molar-refractivity contribution >= 4 is 35.0 Å². The van der Waals surface area contributed by atoms with E-state index in [1.54, 1.807) is 49.0 Å². The van der Waals surface area contributed by atoms with E-state index in [0.717, 1.165) is 10.6 Å². The van der Waals surface area contributed by atoms with Crippen molar-refractivity contribution in [3.8, 4) is 17.2 Å². The van der Waals surface area contributed by atoms with Crippen LogP contribution >= 0.6 is 11.8 Å². The van der Waals surface area contributed by atoms with Gasteiger partial charge in [0.25, 0.3) is 11.5 Å². The first-order chi connectivity index (χ1) is 18.3. The van der Waals surface area contributed by atoms with Crippen molar-refractivity contribution < 1.29 is 19.1 Å². The number of carbonyl (C=O) groups excluding carboxylic acids is 2. The number of ether oxygens (including phenoxy) is 2. The lowest BCUT2D eigenvalue weighted by Crippen LogP contribution is -2.23. The molecular formula is C28H28N4O5S. The summed E-state index contributed by atoms with van der Waals surface area (Å²) in [6.45, 7) is 1.79. The highest BCUT2D eigenvalue weighted by molar-refractivity contribution is 8.00. The van der Waals surface area contributed by atoms with Crippen LogP contribution in [-0.4, -0.2) is 41.2 Å². The first kappa shape index (κ1) is 26.6. The molecule has 0 bridgehead atoms. The molecule has 0 aliphatic rings. The van der Waals surface area contributed by atoms with Gasteiger partial charge >= 0.3 is 0 Å². The zero-order valence-electron chi connectivity index (χ0n) is 21.5. The predicted molar refractivity (Wildman–Crippen MR) is 149 cm³/mol. The third-order valence-electron chi connectivity index (χ3n) is 5.95. The van der Waals surface area contributed by atoms with Gasteiger partial charge in [0.05, 0.1) is 31.4 Å². The molecule has 4 aromatic rings. The van der Waals surface area contributed by atoms with E-state index in [9.17, 15) is 14.4 Å². The third kappa shape index (κ3) is 5.76. The maximum atomic E-state index is 13.0. The number of aromatic nitrogens is 2. The zero-order valence-corrected chi connectivity index (χ0v) is 22.3. The van der Waals surface area contributed by atoms with Gasteiger partial charge in [-0.1, -0.05) is 18.2 Å². The van der Waals surface area contributed by atoms with Gasteiger partial charge in [0.15, 0.2) is 11.5 Å². The molecule has 1 aromatic heterocycles. The molecule has 1 heterocycles. The summed E-state index contributed by atoms with van der Waals surface area (Å²) in [6.07, 6.45) is 0. The Labute approximate surface area is 224 Å². The summed E-state index contributed by atoms with van der Waals surface area (Å²) in [5.74, 6) is 0.557. The van der Waals surface area contributed by atoms with Gasteiger partial charge in [0, 0.05) is 23.2 Å². The van der Waals surface area contributed by atoms with Crippen molar-refractivity contribution in [2.45, 2.75) is 11.8 Å². The molecule has 0 fully saturated rings. The van der Waals surface area contributed by atoms with Crippen LogP contribution in [0, 0.1) is 6.92 Å². The fourth-order valence-corrected chi connectivity index (χ4v) is 4.55. The van der Waals surface area contributed by atoms with Crippen LogP contribution in [0.2, 0.25) is 0 Å². The van der Waals surface area contributed by atoms with Crippen LogP contribution < -0.4 is 25.7 Å². The van der Waals surface area contributed by atoms with E-state index >= 15 is 0 Å². The summed E-state index contributed by atoms with van der Waals surface area (Å²) in [6, 6.07) is 21.4. The van der Waals surface area contributed by atoms with Crippen molar-refractivity contribution in [1.29, 1.82) is 0 Å². The molecule has 38 heavy (non-hydrogen) atoms. The lowest BCUT2D eigenvalue weighted by atomic mass is 10.2. The van der Waals surface area contributed by atoms with E-state index in [4.69, 9.17) is 9.47 Å². The fourth-order valence-electron chi connectivity index (χ4n) is 3.85. The molecule has 2 amide bonds. The summed E-state index contributed by atoms with van der Waals surface area (Å²) < 4.78 is 13.7. The van der Waals surface area contributed by atoms with Crippen molar-refractivity contribution in [1.82, 2.24) is 9.36 Å². The van der Waals surface area contributed by atoms with Crippen LogP contribution in [0.4, 0.5) is 11.4 Å². The molecule has 10 heteroatoms. The molecule has 196 valence electrons. The molecule has 4 rings (SSSR count). The quantitative estimate of drug-likeness (QED) is 0.308. The van der Waals surface area contributed by atoms with E-state index in [1.807, 2.05) is 42.5 Å². The molecule has 2 N–H and O–H groups in total. The van der Waals surface area contributed by atoms with Gasteiger partial charge in [0.1, 0.15) is 5.69 Å². The highest BCUT2D eigenvalue weighted by atomic mass is 32.2. The standard InChI is InChI=1S/C28H28N4O5S/c1-18-26(28(35)32(31(18)2)21-8-6-5-7-9-21)30-25(33)17-38-22-13-11-20(12-14-22)29-27(34)19-10-15-23(36-3)24(16-19)37-4/h5-16H,17H2,1-4H3,(H,29,34)(H,30,33). The van der Waals surface area contributed by atoms with E-state index < -0.39 is 0 Å². The molecule has 9 nitrogen and oxygen atoms in total. The van der Waals surface area contributed by atoms with Gasteiger partial charge in [-0.15, -0.1) is 11.8 Å². The van der Waals surface area contributed by atoms with Crippen LogP contribution in [0.1, 0.15) is 16.1 Å². The van der Waals surface area contributed by atoms with Gasteiger partial charge in [-0.05, 0) is 61.5 Å². The molecule has 0 atom stereocenters. The number of benzene rings is 3. The van der Waals surface area contributed by atoms with Crippen molar-refractivity contribution in [2.24, 2.45) is 7.05 Å². The van der Waals surface area contributed by atoms with Crippen LogP contribution in [0.3, 0.4) is 0 Å². The molecule has 0 aliphatic carbocycles. The lowest BCUT2D eigenvalue weighted by Gasteiger charge is -2.10. The predicted octanol–water partition coefficient (Wildman–Crippen LogP) is 4.48. The van der Waals surface area contributed by atoms with Crippen LogP contribution in [0.5, 0.6) is 11.5 Å². The molecule has 0 saturated heterocycles. The van der Waals surface area contributed by atoms with E-state index in [2.05, 4.69) is 10.6 Å². The van der Waals surface area contributed by atoms with Gasteiger partial charge in [-0.25, -0.2) is 4.68 Å². The van der Waals surface area contributed by atoms with Crippen LogP contribution in [-0.2, 0) is 11.8 Å². The molecule has 3 aromatic carbocycles. The fraction of sp³-hybridized carbons (Fsp3) is 0.179. The molecule has 0 radical (unpaired) electrons. The smallest absolute Gasteiger partial charge is 0.295 e. The highest BCUT2D eigenvalue weighted by Crippen LogP contribution is 2.28. The summed E-state index contributed by atoms with van der Waals surface area (Å²) >= 11 is 1.33. The molecule has 0 spiro atoms. The number of rotatable bonds is 9. The number of nitrogens with one attached hydrogen (secondary N) is 2. The van der Waals surface area contributed by atoms with E-state index in [-0.39, 0.29) is 28.8 Å². The number of nitrogens with zero attached hydrogens (tertiary/aromatic N) is 2. The minimum Gasteiger partial charge on any atom is -0.493 e. The van der Waals surface area contributed by atoms with Gasteiger partial charge in [-0.2, -0.15) is 0 Å². The maximum absolute atomic E-state index is 13.0. The molecule has 0 saturated carbocycles. The largest absolute Gasteiger partial charge is 0.493 e. The SMILES string of the molecule is COc1ccc(C(=O)Nc2ccc(SCC(=O)Nc3c(C)n(C)n(-c4ccccc4)c3=O)cc2)cc1OC. The molecule has 0 aliphatic heterocycles. The topological polar surface area (TPSA) is 104 Å². The first-order valence-electron chi connectivity index (χ1n) is 11.7. The Morgan fingerprint density at radius 3 is 2.24 bits per heavy atom. The van der Waals surface area contributed by atoms with Gasteiger partial charge in [-0.3, -0.25) is 19.1 Å². The highest BCUT2D eigenvalue weighted by Gasteiger charge is 2.18. The summed E-state index contributed by atoms with van der Waals surface area (Å²) in [4.78, 5) is 39.1. The number of hydrogen-bond acceptors (Lipinski definition) is 6. The second-order valence-electron chi connectivity index (χ2n) is 8.32. The summed E-state index contributed by atoms with van der Waals surface area (Å²) in [7, 11) is 4.82. The Hall–Kier alpha value is -4.44. The number of hydrogen-bond donors (Lipinski definition) is 2. The Morgan fingerprint density at radius 1 is 0.895 bits per heavy atom. The average molecular weight is 533 g/mol. The Morgan fingerprint density at radius 2 is 1.58 bits per heavy atom. The Kier molecular flexibility index (Phi) is 8.22. The van der Waals surface area contributed by atoms with Crippen LogP contribution in [0.25, 0.3) is 5.69 Å². The van der Waals surface area contributed by atoms with E-state index in [0.29, 0.717) is 28.4 Å². The first-order valence-corrected chi connectivity index (χ1v) is 12.7. The third-order valence-corrected chi connectivity index (χ3v) is 6.96. The molecular weight excluding hydrogens is 504 g/mol. The number of carbonyl (C=O) groups is 2. The monoisotopic (exact) mass is 532 g/mol. The van der Waals surface area contributed by atoms with Gasteiger partial charge in [0.2, 0.25) is 5.91 Å². The number of thioether (sulfide) groups is 1. The minimum absolute atomic E-state index is 0.121. The number of anilines is 2. The second kappa shape index (κ2) is 11.7. The summed E-state index contributed by atoms with van der Waals surface area (Å²) in [5, 5.41) is 5.60. The Balaban J connectivity index is 1.36. The number of methoxy groups -OCH3 is 2. The number of para-hydroxylation sites is 1. The van der Waals surface area contributed by atoms with Gasteiger partial charge < -0.3 is 20.1 Å². The van der Waals surface area contributed by atoms with E-state index in [1.165, 1.54) is 30.7 Å². The minimum atomic E-state index is -0.288. The second-order valence-corrected chi connectivity index (χ2v) is 9.37. The lowest BCUT2D eigenvalue weighted by molar-refractivity contribution is -0.113. The van der Waals surface area contributed by atoms with Crippen molar-refractivity contribution in [3.05, 3.63) is 94.4 Å². The Bertz CT molecular complexity index is 1510. The maximum Gasteiger partial charge on any atom is 0.295 e. The average Bonchev–Trinajstić information content (AvgIpc) is 3.15. The normalized spacial score (nSPS) is 10.6. The van der Waals surface area contributed by atoms with Crippen molar-refractivity contribution in [3.63, 3.8) is 0 Å². The zero-order chi connectivity index (χ0) is 27.2. The van der Waals surface area contributed by atoms with Crippen LogP contribution in [0.15, 0.2) is 82.5 Å². The van der Waals surface area contributed by atoms with Crippen molar-refractivity contribution in [2.75, 3.05) is 30.6 Å². The summed E-state index contributed by atoms with van der Waals surface area (Å²) in [5.41, 5.74) is 2.39. The molecule has 0 unspecified atom stereocenters. The number of amides is 2.